The van der Waals surface area contributed by atoms with Crippen molar-refractivity contribution in [3.63, 3.8) is 0 Å². The molecule has 0 aliphatic carbocycles. The maximum Gasteiger partial charge on any atom is 0.333 e. The summed E-state index contributed by atoms with van der Waals surface area (Å²) in [5, 5.41) is 0. The molecular weight excluding hydrogens is 261 g/mol. The lowest BCUT2D eigenvalue weighted by Crippen LogP contribution is -2.01. The van der Waals surface area contributed by atoms with E-state index < -0.39 is 13.7 Å². The SMILES string of the molecule is [CH2]C(OP(=O)(O)Cc1ccccc1)c1cccnc1. The van der Waals surface area contributed by atoms with Crippen molar-refractivity contribution in [2.75, 3.05) is 0 Å². The minimum Gasteiger partial charge on any atom is -0.324 e. The van der Waals surface area contributed by atoms with E-state index in [0.29, 0.717) is 5.56 Å². The highest BCUT2D eigenvalue weighted by molar-refractivity contribution is 7.51. The summed E-state index contributed by atoms with van der Waals surface area (Å²) in [6.45, 7) is 3.74. The molecule has 0 fully saturated rings. The van der Waals surface area contributed by atoms with Gasteiger partial charge in [-0.05, 0) is 24.1 Å². The third kappa shape index (κ3) is 4.28. The second-order valence-electron chi connectivity index (χ2n) is 4.16. The molecule has 0 spiro atoms. The molecule has 2 rings (SSSR count). The Hall–Kier alpha value is -1.48. The highest BCUT2D eigenvalue weighted by atomic mass is 31.2. The van der Waals surface area contributed by atoms with Crippen LogP contribution in [0.1, 0.15) is 17.2 Å². The van der Waals surface area contributed by atoms with Crippen LogP contribution in [0.5, 0.6) is 0 Å². The van der Waals surface area contributed by atoms with E-state index in [0.717, 1.165) is 5.56 Å². The van der Waals surface area contributed by atoms with Crippen molar-refractivity contribution in [3.8, 4) is 0 Å². The number of pyridine rings is 1. The van der Waals surface area contributed by atoms with E-state index in [9.17, 15) is 9.46 Å². The van der Waals surface area contributed by atoms with Gasteiger partial charge in [-0.2, -0.15) is 0 Å². The van der Waals surface area contributed by atoms with Gasteiger partial charge in [0, 0.05) is 12.4 Å². The van der Waals surface area contributed by atoms with Crippen LogP contribution in [0, 0.1) is 6.92 Å². The number of benzene rings is 1. The molecule has 2 atom stereocenters. The van der Waals surface area contributed by atoms with Crippen molar-refractivity contribution in [2.45, 2.75) is 12.3 Å². The van der Waals surface area contributed by atoms with E-state index in [1.54, 1.807) is 36.7 Å². The first-order chi connectivity index (χ1) is 9.07. The smallest absolute Gasteiger partial charge is 0.324 e. The van der Waals surface area contributed by atoms with Crippen LogP contribution < -0.4 is 0 Å². The molecule has 99 valence electrons. The van der Waals surface area contributed by atoms with E-state index in [1.165, 1.54) is 0 Å². The summed E-state index contributed by atoms with van der Waals surface area (Å²) in [6.07, 6.45) is 2.45. The molecule has 2 aromatic rings. The Morgan fingerprint density at radius 2 is 2.00 bits per heavy atom. The van der Waals surface area contributed by atoms with Crippen LogP contribution >= 0.6 is 7.60 Å². The number of hydrogen-bond donors (Lipinski definition) is 1. The largest absolute Gasteiger partial charge is 0.333 e. The molecule has 0 aliphatic rings. The number of hydrogen-bond acceptors (Lipinski definition) is 3. The summed E-state index contributed by atoms with van der Waals surface area (Å²) in [7, 11) is -3.73. The van der Waals surface area contributed by atoms with Crippen LogP contribution in [0.25, 0.3) is 0 Å². The Balaban J connectivity index is 2.03. The highest BCUT2D eigenvalue weighted by Gasteiger charge is 2.24. The third-order valence-electron chi connectivity index (χ3n) is 2.57. The monoisotopic (exact) mass is 276 g/mol. The average molecular weight is 276 g/mol. The highest BCUT2D eigenvalue weighted by Crippen LogP contribution is 2.49. The summed E-state index contributed by atoms with van der Waals surface area (Å²) >= 11 is 0. The van der Waals surface area contributed by atoms with Crippen molar-refractivity contribution in [3.05, 3.63) is 72.9 Å². The Morgan fingerprint density at radius 3 is 2.63 bits per heavy atom. The molecule has 0 saturated heterocycles. The van der Waals surface area contributed by atoms with E-state index in [2.05, 4.69) is 11.9 Å². The van der Waals surface area contributed by atoms with Gasteiger partial charge in [0.05, 0.1) is 12.3 Å². The standard InChI is InChI=1S/C14H15NO3P/c1-12(14-8-5-9-15-10-14)18-19(16,17)11-13-6-3-2-4-7-13/h2-10,12H,1,11H2,(H,16,17). The van der Waals surface area contributed by atoms with Crippen molar-refractivity contribution >= 4 is 7.60 Å². The predicted molar refractivity (Wildman–Crippen MR) is 73.4 cm³/mol. The van der Waals surface area contributed by atoms with Gasteiger partial charge < -0.3 is 9.42 Å². The molecule has 0 amide bonds. The molecule has 19 heavy (non-hydrogen) atoms. The Morgan fingerprint density at radius 1 is 1.26 bits per heavy atom. The van der Waals surface area contributed by atoms with Crippen molar-refractivity contribution in [1.82, 2.24) is 4.98 Å². The fourth-order valence-corrected chi connectivity index (χ4v) is 2.94. The van der Waals surface area contributed by atoms with Crippen LogP contribution in [0.15, 0.2) is 54.9 Å². The molecular formula is C14H15NO3P. The van der Waals surface area contributed by atoms with Gasteiger partial charge in [0.15, 0.2) is 0 Å². The molecule has 2 unspecified atom stereocenters. The quantitative estimate of drug-likeness (QED) is 0.851. The predicted octanol–water partition coefficient (Wildman–Crippen LogP) is 3.36. The fraction of sp³-hybridized carbons (Fsp3) is 0.143. The summed E-state index contributed by atoms with van der Waals surface area (Å²) in [5.41, 5.74) is 1.43. The van der Waals surface area contributed by atoms with Gasteiger partial charge in [0.2, 0.25) is 0 Å². The van der Waals surface area contributed by atoms with E-state index >= 15 is 0 Å². The maximum atomic E-state index is 12.0. The van der Waals surface area contributed by atoms with Crippen LogP contribution in [-0.4, -0.2) is 9.88 Å². The Labute approximate surface area is 112 Å². The first-order valence-electron chi connectivity index (χ1n) is 5.84. The van der Waals surface area contributed by atoms with Crippen molar-refractivity contribution in [2.24, 2.45) is 0 Å². The van der Waals surface area contributed by atoms with Gasteiger partial charge in [-0.1, -0.05) is 36.4 Å². The number of aromatic nitrogens is 1. The summed E-state index contributed by atoms with van der Waals surface area (Å²) in [4.78, 5) is 13.8. The van der Waals surface area contributed by atoms with Gasteiger partial charge in [-0.25, -0.2) is 0 Å². The normalized spacial score (nSPS) is 15.7. The first kappa shape index (κ1) is 13.9. The van der Waals surface area contributed by atoms with E-state index in [-0.39, 0.29) is 6.16 Å². The molecule has 4 nitrogen and oxygen atoms in total. The Bertz CT molecular complexity index is 559. The summed E-state index contributed by atoms with van der Waals surface area (Å²) in [5.74, 6) is 0. The second kappa shape index (κ2) is 6.11. The fourth-order valence-electron chi connectivity index (χ4n) is 1.68. The zero-order chi connectivity index (χ0) is 13.7. The molecule has 0 saturated carbocycles. The molecule has 1 aromatic carbocycles. The van der Waals surface area contributed by atoms with Crippen LogP contribution in [-0.2, 0) is 15.3 Å². The summed E-state index contributed by atoms with van der Waals surface area (Å²) in [6, 6.07) is 12.6. The van der Waals surface area contributed by atoms with E-state index in [1.807, 2.05) is 18.2 Å². The third-order valence-corrected chi connectivity index (χ3v) is 3.92. The summed E-state index contributed by atoms with van der Waals surface area (Å²) < 4.78 is 17.2. The lowest BCUT2D eigenvalue weighted by Gasteiger charge is -2.18. The zero-order valence-electron chi connectivity index (χ0n) is 10.3. The van der Waals surface area contributed by atoms with Gasteiger partial charge in [0.25, 0.3) is 0 Å². The van der Waals surface area contributed by atoms with Crippen LogP contribution in [0.2, 0.25) is 0 Å². The van der Waals surface area contributed by atoms with E-state index in [4.69, 9.17) is 4.52 Å². The molecule has 5 heteroatoms. The van der Waals surface area contributed by atoms with Gasteiger partial charge >= 0.3 is 7.60 Å². The molecule has 1 radical (unpaired) electrons. The lowest BCUT2D eigenvalue weighted by molar-refractivity contribution is 0.210. The van der Waals surface area contributed by atoms with Crippen LogP contribution in [0.3, 0.4) is 0 Å². The molecule has 1 N–H and O–H groups in total. The first-order valence-corrected chi connectivity index (χ1v) is 7.60. The minimum absolute atomic E-state index is 0.0277. The lowest BCUT2D eigenvalue weighted by atomic mass is 10.2. The second-order valence-corrected chi connectivity index (χ2v) is 5.96. The van der Waals surface area contributed by atoms with Crippen molar-refractivity contribution in [1.29, 1.82) is 0 Å². The average Bonchev–Trinajstić information content (AvgIpc) is 2.39. The molecule has 1 heterocycles. The molecule has 1 aromatic heterocycles. The van der Waals surface area contributed by atoms with Crippen LogP contribution in [0.4, 0.5) is 0 Å². The maximum absolute atomic E-state index is 12.0. The van der Waals surface area contributed by atoms with Gasteiger partial charge in [-0.3, -0.25) is 9.55 Å². The number of rotatable bonds is 5. The number of nitrogens with zero attached hydrogens (tertiary/aromatic N) is 1. The molecule has 0 aliphatic heterocycles. The van der Waals surface area contributed by atoms with Crippen molar-refractivity contribution < 1.29 is 14.0 Å². The van der Waals surface area contributed by atoms with Gasteiger partial charge in [-0.15, -0.1) is 0 Å². The zero-order valence-corrected chi connectivity index (χ0v) is 11.2. The Kier molecular flexibility index (Phi) is 4.48. The molecule has 0 bridgehead atoms. The van der Waals surface area contributed by atoms with Gasteiger partial charge in [0.1, 0.15) is 0 Å². The minimum atomic E-state index is -3.73. The topological polar surface area (TPSA) is 59.4 Å².